The lowest BCUT2D eigenvalue weighted by molar-refractivity contribution is -0.112. The Morgan fingerprint density at radius 1 is 1.29 bits per heavy atom. The molecule has 0 amide bonds. The van der Waals surface area contributed by atoms with Crippen LogP contribution >= 0.6 is 0 Å². The SMILES string of the molecule is CC(=O)C=CC[C@H](C)CCC=C(C)C. The lowest BCUT2D eigenvalue weighted by Crippen LogP contribution is -1.92. The summed E-state index contributed by atoms with van der Waals surface area (Å²) in [5.41, 5.74) is 1.39. The third-order valence-electron chi connectivity index (χ3n) is 2.10. The molecule has 80 valence electrons. The lowest BCUT2D eigenvalue weighted by Gasteiger charge is -2.05. The molecular weight excluding hydrogens is 172 g/mol. The highest BCUT2D eigenvalue weighted by atomic mass is 16.1. The van der Waals surface area contributed by atoms with E-state index in [1.165, 1.54) is 12.0 Å². The molecule has 1 heteroatoms. The van der Waals surface area contributed by atoms with Crippen LogP contribution in [0.25, 0.3) is 0 Å². The quantitative estimate of drug-likeness (QED) is 0.463. The zero-order valence-corrected chi connectivity index (χ0v) is 9.84. The van der Waals surface area contributed by atoms with Gasteiger partial charge in [0.2, 0.25) is 0 Å². The molecule has 0 heterocycles. The first-order valence-corrected chi connectivity index (χ1v) is 5.33. The largest absolute Gasteiger partial charge is 0.295 e. The fourth-order valence-electron chi connectivity index (χ4n) is 1.24. The van der Waals surface area contributed by atoms with Crippen LogP contribution in [-0.2, 0) is 4.79 Å². The molecule has 0 aliphatic carbocycles. The van der Waals surface area contributed by atoms with Gasteiger partial charge < -0.3 is 0 Å². The molecule has 0 saturated carbocycles. The van der Waals surface area contributed by atoms with Gasteiger partial charge in [-0.05, 0) is 52.0 Å². The zero-order chi connectivity index (χ0) is 11.0. The van der Waals surface area contributed by atoms with Crippen molar-refractivity contribution in [3.8, 4) is 0 Å². The van der Waals surface area contributed by atoms with Crippen molar-refractivity contribution in [3.63, 3.8) is 0 Å². The van der Waals surface area contributed by atoms with Crippen LogP contribution in [0, 0.1) is 5.92 Å². The van der Waals surface area contributed by atoms with Crippen molar-refractivity contribution in [1.29, 1.82) is 0 Å². The molecule has 0 aromatic heterocycles. The van der Waals surface area contributed by atoms with Crippen LogP contribution in [0.4, 0.5) is 0 Å². The van der Waals surface area contributed by atoms with Gasteiger partial charge in [-0.15, -0.1) is 0 Å². The smallest absolute Gasteiger partial charge is 0.152 e. The van der Waals surface area contributed by atoms with E-state index in [1.54, 1.807) is 13.0 Å². The molecule has 0 rings (SSSR count). The maximum absolute atomic E-state index is 10.6. The fourth-order valence-corrected chi connectivity index (χ4v) is 1.24. The molecule has 0 unspecified atom stereocenters. The molecule has 0 aromatic rings. The van der Waals surface area contributed by atoms with Gasteiger partial charge in [0, 0.05) is 0 Å². The van der Waals surface area contributed by atoms with Gasteiger partial charge >= 0.3 is 0 Å². The molecule has 1 atom stereocenters. The average Bonchev–Trinajstić information content (AvgIpc) is 2.02. The Balaban J connectivity index is 3.61. The summed E-state index contributed by atoms with van der Waals surface area (Å²) in [4.78, 5) is 10.6. The number of rotatable bonds is 6. The van der Waals surface area contributed by atoms with Crippen LogP contribution in [0.5, 0.6) is 0 Å². The second-order valence-electron chi connectivity index (χ2n) is 4.21. The van der Waals surface area contributed by atoms with Crippen molar-refractivity contribution in [2.24, 2.45) is 5.92 Å². The Labute approximate surface area is 87.9 Å². The second-order valence-corrected chi connectivity index (χ2v) is 4.21. The summed E-state index contributed by atoms with van der Waals surface area (Å²) in [5.74, 6) is 0.808. The minimum atomic E-state index is 0.140. The summed E-state index contributed by atoms with van der Waals surface area (Å²) in [7, 11) is 0. The number of carbonyl (C=O) groups is 1. The van der Waals surface area contributed by atoms with Gasteiger partial charge in [-0.3, -0.25) is 4.79 Å². The standard InChI is InChI=1S/C13H22O/c1-11(2)7-5-8-12(3)9-6-10-13(4)14/h6-7,10,12H,5,8-9H2,1-4H3/t12-/m1/s1. The molecule has 0 spiro atoms. The van der Waals surface area contributed by atoms with Gasteiger partial charge in [-0.2, -0.15) is 0 Å². The molecule has 0 aliphatic rings. The Bertz CT molecular complexity index is 219. The predicted octanol–water partition coefficient (Wildman–Crippen LogP) is 3.90. The molecule has 14 heavy (non-hydrogen) atoms. The van der Waals surface area contributed by atoms with E-state index in [0.29, 0.717) is 5.92 Å². The summed E-state index contributed by atoms with van der Waals surface area (Å²) >= 11 is 0. The highest BCUT2D eigenvalue weighted by Gasteiger charge is 1.97. The topological polar surface area (TPSA) is 17.1 Å². The molecule has 0 N–H and O–H groups in total. The average molecular weight is 194 g/mol. The first-order chi connectivity index (χ1) is 6.52. The summed E-state index contributed by atoms with van der Waals surface area (Å²) in [6, 6.07) is 0. The summed E-state index contributed by atoms with van der Waals surface area (Å²) in [5, 5.41) is 0. The molecule has 0 aliphatic heterocycles. The van der Waals surface area contributed by atoms with Gasteiger partial charge in [0.25, 0.3) is 0 Å². The molecule has 0 aromatic carbocycles. The van der Waals surface area contributed by atoms with Crippen molar-refractivity contribution in [2.75, 3.05) is 0 Å². The number of ketones is 1. The van der Waals surface area contributed by atoms with Crippen LogP contribution in [0.3, 0.4) is 0 Å². The van der Waals surface area contributed by atoms with Gasteiger partial charge in [0.1, 0.15) is 0 Å². The van der Waals surface area contributed by atoms with E-state index in [2.05, 4.69) is 26.8 Å². The van der Waals surface area contributed by atoms with E-state index >= 15 is 0 Å². The molecule has 0 saturated heterocycles. The fraction of sp³-hybridized carbons (Fsp3) is 0.615. The highest BCUT2D eigenvalue weighted by molar-refractivity contribution is 5.87. The van der Waals surface area contributed by atoms with E-state index < -0.39 is 0 Å². The van der Waals surface area contributed by atoms with Crippen molar-refractivity contribution >= 4 is 5.78 Å². The lowest BCUT2D eigenvalue weighted by atomic mass is 10.0. The number of allylic oxidation sites excluding steroid dienone is 4. The third-order valence-corrected chi connectivity index (χ3v) is 2.10. The van der Waals surface area contributed by atoms with Crippen LogP contribution in [0.15, 0.2) is 23.8 Å². The summed E-state index contributed by atoms with van der Waals surface area (Å²) in [6.45, 7) is 8.06. The van der Waals surface area contributed by atoms with Crippen LogP contribution < -0.4 is 0 Å². The van der Waals surface area contributed by atoms with E-state index in [9.17, 15) is 4.79 Å². The van der Waals surface area contributed by atoms with Crippen molar-refractivity contribution in [3.05, 3.63) is 23.8 Å². The van der Waals surface area contributed by atoms with Crippen molar-refractivity contribution in [1.82, 2.24) is 0 Å². The zero-order valence-electron chi connectivity index (χ0n) is 9.84. The maximum atomic E-state index is 10.6. The van der Waals surface area contributed by atoms with Gasteiger partial charge in [0.05, 0.1) is 0 Å². The normalized spacial score (nSPS) is 12.9. The van der Waals surface area contributed by atoms with Crippen LogP contribution in [-0.4, -0.2) is 5.78 Å². The third kappa shape index (κ3) is 9.24. The van der Waals surface area contributed by atoms with E-state index in [0.717, 1.165) is 12.8 Å². The van der Waals surface area contributed by atoms with Gasteiger partial charge in [-0.1, -0.05) is 24.6 Å². The van der Waals surface area contributed by atoms with Crippen LogP contribution in [0.2, 0.25) is 0 Å². The number of carbonyl (C=O) groups excluding carboxylic acids is 1. The van der Waals surface area contributed by atoms with E-state index in [4.69, 9.17) is 0 Å². The van der Waals surface area contributed by atoms with E-state index in [-0.39, 0.29) is 5.78 Å². The Hall–Kier alpha value is -0.850. The monoisotopic (exact) mass is 194 g/mol. The molecule has 1 nitrogen and oxygen atoms in total. The Morgan fingerprint density at radius 2 is 1.93 bits per heavy atom. The van der Waals surface area contributed by atoms with E-state index in [1.807, 2.05) is 6.08 Å². The first kappa shape index (κ1) is 13.2. The molecule has 0 radical (unpaired) electrons. The molecule has 0 fully saturated rings. The Morgan fingerprint density at radius 3 is 2.43 bits per heavy atom. The van der Waals surface area contributed by atoms with Crippen LogP contribution in [0.1, 0.15) is 47.0 Å². The van der Waals surface area contributed by atoms with Gasteiger partial charge in [0.15, 0.2) is 5.78 Å². The maximum Gasteiger partial charge on any atom is 0.152 e. The van der Waals surface area contributed by atoms with Crippen molar-refractivity contribution < 1.29 is 4.79 Å². The summed E-state index contributed by atoms with van der Waals surface area (Å²) < 4.78 is 0. The number of hydrogen-bond donors (Lipinski definition) is 0. The summed E-state index contributed by atoms with van der Waals surface area (Å²) in [6.07, 6.45) is 9.28. The number of hydrogen-bond acceptors (Lipinski definition) is 1. The first-order valence-electron chi connectivity index (χ1n) is 5.33. The minimum Gasteiger partial charge on any atom is -0.295 e. The second kappa shape index (κ2) is 7.54. The highest BCUT2D eigenvalue weighted by Crippen LogP contribution is 2.12. The molecule has 0 bridgehead atoms. The van der Waals surface area contributed by atoms with Gasteiger partial charge in [-0.25, -0.2) is 0 Å². The Kier molecular flexibility index (Phi) is 7.09. The minimum absolute atomic E-state index is 0.140. The molecular formula is C13H22O. The van der Waals surface area contributed by atoms with Crippen molar-refractivity contribution in [2.45, 2.75) is 47.0 Å². The predicted molar refractivity (Wildman–Crippen MR) is 62.3 cm³/mol.